The van der Waals surface area contributed by atoms with Crippen molar-refractivity contribution in [1.82, 2.24) is 5.32 Å². The van der Waals surface area contributed by atoms with Crippen molar-refractivity contribution in [2.75, 3.05) is 29.9 Å². The smallest absolute Gasteiger partial charge is 0.380 e. The number of carbonyl (C=O) groups is 1. The van der Waals surface area contributed by atoms with Crippen molar-refractivity contribution in [3.8, 4) is 0 Å². The Labute approximate surface area is 134 Å². The first kappa shape index (κ1) is 17.6. The lowest BCUT2D eigenvalue weighted by atomic mass is 10.1. The van der Waals surface area contributed by atoms with Crippen LogP contribution in [0.5, 0.6) is 0 Å². The minimum atomic E-state index is -4.82. The van der Waals surface area contributed by atoms with Crippen LogP contribution in [0.1, 0.15) is 20.8 Å². The lowest BCUT2D eigenvalue weighted by molar-refractivity contribution is -0.172. The summed E-state index contributed by atoms with van der Waals surface area (Å²) in [4.78, 5) is 13.2. The lowest BCUT2D eigenvalue weighted by Crippen LogP contribution is -2.58. The van der Waals surface area contributed by atoms with Gasteiger partial charge in [-0.3, -0.25) is 4.79 Å². The van der Waals surface area contributed by atoms with E-state index in [1.165, 1.54) is 4.90 Å². The zero-order valence-corrected chi connectivity index (χ0v) is 13.5. The molecule has 128 valence electrons. The van der Waals surface area contributed by atoms with Crippen LogP contribution in [0.3, 0.4) is 0 Å². The Morgan fingerprint density at radius 2 is 1.83 bits per heavy atom. The number of piperazine rings is 1. The Morgan fingerprint density at radius 1 is 1.22 bits per heavy atom. The first-order valence-electron chi connectivity index (χ1n) is 7.54. The molecular weight excluding hydrogens is 307 g/mol. The number of hydrogen-bond acceptors (Lipinski definition) is 4. The van der Waals surface area contributed by atoms with Gasteiger partial charge in [0.1, 0.15) is 6.04 Å². The summed E-state index contributed by atoms with van der Waals surface area (Å²) in [5.41, 5.74) is 1.40. The zero-order chi connectivity index (χ0) is 17.3. The molecule has 0 saturated carbocycles. The topological polar surface area (TPSA) is 44.4 Å². The standard InChI is InChI=1S/C16H22F3N3O/c1-15(2,3)21-11-4-6-12(7-5-11)22-9-8-20-10-13(22)14(23)16(17,18)19/h4-7,13,20-21H,8-10H2,1-3H3. The van der Waals surface area contributed by atoms with Gasteiger partial charge in [0.2, 0.25) is 0 Å². The van der Waals surface area contributed by atoms with Crippen LogP contribution in [-0.4, -0.2) is 43.2 Å². The van der Waals surface area contributed by atoms with E-state index in [-0.39, 0.29) is 12.1 Å². The van der Waals surface area contributed by atoms with Crippen molar-refractivity contribution in [2.45, 2.75) is 38.5 Å². The summed E-state index contributed by atoms with van der Waals surface area (Å²) in [5, 5.41) is 6.15. The summed E-state index contributed by atoms with van der Waals surface area (Å²) in [6.07, 6.45) is -4.82. The highest BCUT2D eigenvalue weighted by Gasteiger charge is 2.46. The van der Waals surface area contributed by atoms with Crippen molar-refractivity contribution in [1.29, 1.82) is 0 Å². The van der Waals surface area contributed by atoms with Crippen LogP contribution < -0.4 is 15.5 Å². The second-order valence-electron chi connectivity index (χ2n) is 6.70. The molecule has 0 radical (unpaired) electrons. The molecule has 1 aromatic rings. The highest BCUT2D eigenvalue weighted by Crippen LogP contribution is 2.27. The van der Waals surface area contributed by atoms with Gasteiger partial charge in [-0.25, -0.2) is 0 Å². The molecule has 1 aliphatic rings. The van der Waals surface area contributed by atoms with Gasteiger partial charge in [0.15, 0.2) is 0 Å². The monoisotopic (exact) mass is 329 g/mol. The van der Waals surface area contributed by atoms with E-state index in [9.17, 15) is 18.0 Å². The molecule has 1 saturated heterocycles. The number of nitrogens with zero attached hydrogens (tertiary/aromatic N) is 1. The molecule has 1 aliphatic heterocycles. The van der Waals surface area contributed by atoms with Crippen molar-refractivity contribution >= 4 is 17.2 Å². The van der Waals surface area contributed by atoms with E-state index >= 15 is 0 Å². The second kappa shape index (κ2) is 6.39. The van der Waals surface area contributed by atoms with Gasteiger partial charge in [-0.2, -0.15) is 13.2 Å². The van der Waals surface area contributed by atoms with Crippen LogP contribution in [0.2, 0.25) is 0 Å². The molecule has 1 aromatic carbocycles. The molecule has 2 N–H and O–H groups in total. The molecular formula is C16H22F3N3O. The minimum absolute atomic E-state index is 0.000333. The maximum Gasteiger partial charge on any atom is 0.452 e. The molecule has 4 nitrogen and oxygen atoms in total. The van der Waals surface area contributed by atoms with Crippen molar-refractivity contribution in [3.63, 3.8) is 0 Å². The van der Waals surface area contributed by atoms with Gasteiger partial charge in [-0.05, 0) is 45.0 Å². The Morgan fingerprint density at radius 3 is 2.35 bits per heavy atom. The molecule has 2 rings (SSSR count). The molecule has 0 spiro atoms. The summed E-state index contributed by atoms with van der Waals surface area (Å²) < 4.78 is 38.3. The summed E-state index contributed by atoms with van der Waals surface area (Å²) >= 11 is 0. The molecule has 0 aromatic heterocycles. The van der Waals surface area contributed by atoms with Crippen LogP contribution in [-0.2, 0) is 4.79 Å². The number of nitrogens with one attached hydrogen (secondary N) is 2. The average molecular weight is 329 g/mol. The number of hydrogen-bond donors (Lipinski definition) is 2. The van der Waals surface area contributed by atoms with Gasteiger partial charge < -0.3 is 15.5 Å². The predicted octanol–water partition coefficient (Wildman–Crippen LogP) is 2.81. The normalized spacial score (nSPS) is 19.6. The number of ketones is 1. The van der Waals surface area contributed by atoms with E-state index in [1.54, 1.807) is 12.1 Å². The van der Waals surface area contributed by atoms with Gasteiger partial charge in [0.05, 0.1) is 0 Å². The van der Waals surface area contributed by atoms with E-state index in [0.29, 0.717) is 18.8 Å². The molecule has 23 heavy (non-hydrogen) atoms. The van der Waals surface area contributed by atoms with Gasteiger partial charge in [0, 0.05) is 36.5 Å². The van der Waals surface area contributed by atoms with Crippen molar-refractivity contribution in [2.24, 2.45) is 0 Å². The summed E-state index contributed by atoms with van der Waals surface area (Å²) in [5.74, 6) is -1.71. The maximum atomic E-state index is 12.8. The fourth-order valence-corrected chi connectivity index (χ4v) is 2.61. The zero-order valence-electron chi connectivity index (χ0n) is 13.5. The molecule has 0 aliphatic carbocycles. The maximum absolute atomic E-state index is 12.8. The highest BCUT2D eigenvalue weighted by atomic mass is 19.4. The molecule has 0 amide bonds. The van der Waals surface area contributed by atoms with Crippen LogP contribution in [0, 0.1) is 0 Å². The minimum Gasteiger partial charge on any atom is -0.380 e. The fraction of sp³-hybridized carbons (Fsp3) is 0.562. The average Bonchev–Trinajstić information content (AvgIpc) is 2.45. The first-order valence-corrected chi connectivity index (χ1v) is 7.54. The summed E-state index contributed by atoms with van der Waals surface area (Å²) in [6.45, 7) is 6.97. The van der Waals surface area contributed by atoms with E-state index in [2.05, 4.69) is 10.6 Å². The fourth-order valence-electron chi connectivity index (χ4n) is 2.61. The van der Waals surface area contributed by atoms with E-state index in [4.69, 9.17) is 0 Å². The third kappa shape index (κ3) is 4.60. The van der Waals surface area contributed by atoms with E-state index in [1.807, 2.05) is 32.9 Å². The highest BCUT2D eigenvalue weighted by molar-refractivity contribution is 5.92. The van der Waals surface area contributed by atoms with Gasteiger partial charge in [-0.15, -0.1) is 0 Å². The molecule has 1 unspecified atom stereocenters. The van der Waals surface area contributed by atoms with Crippen molar-refractivity contribution in [3.05, 3.63) is 24.3 Å². The Balaban J connectivity index is 2.19. The quantitative estimate of drug-likeness (QED) is 0.895. The molecule has 1 fully saturated rings. The van der Waals surface area contributed by atoms with E-state index < -0.39 is 18.0 Å². The van der Waals surface area contributed by atoms with Crippen LogP contribution in [0.15, 0.2) is 24.3 Å². The van der Waals surface area contributed by atoms with Gasteiger partial charge in [-0.1, -0.05) is 0 Å². The second-order valence-corrected chi connectivity index (χ2v) is 6.70. The first-order chi connectivity index (χ1) is 10.6. The van der Waals surface area contributed by atoms with Crippen molar-refractivity contribution < 1.29 is 18.0 Å². The van der Waals surface area contributed by atoms with Gasteiger partial charge >= 0.3 is 6.18 Å². The van der Waals surface area contributed by atoms with Crippen LogP contribution in [0.25, 0.3) is 0 Å². The third-order valence-corrected chi connectivity index (χ3v) is 3.54. The molecule has 7 heteroatoms. The molecule has 0 bridgehead atoms. The number of alkyl halides is 3. The number of Topliss-reactive ketones (excluding diaryl/α,β-unsaturated/α-hetero) is 1. The number of anilines is 2. The summed E-state index contributed by atoms with van der Waals surface area (Å²) in [6, 6.07) is 5.91. The Bertz CT molecular complexity index is 549. The number of carbonyl (C=O) groups excluding carboxylic acids is 1. The van der Waals surface area contributed by atoms with E-state index in [0.717, 1.165) is 5.69 Å². The van der Waals surface area contributed by atoms with Crippen LogP contribution >= 0.6 is 0 Å². The van der Waals surface area contributed by atoms with Gasteiger partial charge in [0.25, 0.3) is 5.78 Å². The molecule has 1 heterocycles. The number of benzene rings is 1. The largest absolute Gasteiger partial charge is 0.452 e. The van der Waals surface area contributed by atoms with Crippen LogP contribution in [0.4, 0.5) is 24.5 Å². The molecule has 1 atom stereocenters. The third-order valence-electron chi connectivity index (χ3n) is 3.54. The number of halogens is 3. The predicted molar refractivity (Wildman–Crippen MR) is 84.9 cm³/mol. The number of rotatable bonds is 3. The Hall–Kier alpha value is -1.76. The Kier molecular flexibility index (Phi) is 4.89. The SMILES string of the molecule is CC(C)(C)Nc1ccc(N2CCNCC2C(=O)C(F)(F)F)cc1. The lowest BCUT2D eigenvalue weighted by Gasteiger charge is -2.37. The summed E-state index contributed by atoms with van der Waals surface area (Å²) in [7, 11) is 0.